The molecular formula is C25H34N2O4S. The molecule has 0 aliphatic heterocycles. The molecule has 3 N–H and O–H groups in total. The van der Waals surface area contributed by atoms with Gasteiger partial charge in [0.2, 0.25) is 5.91 Å². The molecule has 2 fully saturated rings. The number of rotatable bonds is 3. The van der Waals surface area contributed by atoms with E-state index in [0.29, 0.717) is 11.5 Å². The molecule has 174 valence electrons. The number of hydrogen-bond acceptors (Lipinski definition) is 4. The van der Waals surface area contributed by atoms with Gasteiger partial charge in [0.05, 0.1) is 17.4 Å². The summed E-state index contributed by atoms with van der Waals surface area (Å²) in [5.41, 5.74) is 9.34. The van der Waals surface area contributed by atoms with Crippen LogP contribution in [0, 0.1) is 35.0 Å². The number of carbonyl (C=O) groups excluding carboxylic acids is 2. The normalized spacial score (nSPS) is 28.9. The van der Waals surface area contributed by atoms with E-state index in [0.717, 1.165) is 48.8 Å². The van der Waals surface area contributed by atoms with Crippen LogP contribution >= 0.6 is 11.3 Å². The summed E-state index contributed by atoms with van der Waals surface area (Å²) in [6, 6.07) is 0. The van der Waals surface area contributed by atoms with Crippen LogP contribution in [-0.4, -0.2) is 22.9 Å². The molecule has 0 radical (unpaired) electrons. The lowest BCUT2D eigenvalue weighted by Gasteiger charge is -2.34. The van der Waals surface area contributed by atoms with Crippen molar-refractivity contribution in [1.82, 2.24) is 10.9 Å². The van der Waals surface area contributed by atoms with Gasteiger partial charge < -0.3 is 5.11 Å². The van der Waals surface area contributed by atoms with Gasteiger partial charge in [-0.3, -0.25) is 25.2 Å². The highest BCUT2D eigenvalue weighted by molar-refractivity contribution is 7.10. The number of carbonyl (C=O) groups is 3. The first-order valence-corrected chi connectivity index (χ1v) is 12.5. The Kier molecular flexibility index (Phi) is 5.99. The first-order valence-electron chi connectivity index (χ1n) is 11.6. The molecule has 1 heterocycles. The molecule has 7 heteroatoms. The molecule has 0 aromatic carbocycles. The quantitative estimate of drug-likeness (QED) is 0.463. The van der Waals surface area contributed by atoms with Gasteiger partial charge in [0.25, 0.3) is 5.91 Å². The third-order valence-corrected chi connectivity index (χ3v) is 8.98. The first-order chi connectivity index (χ1) is 15.0. The maximum atomic E-state index is 13.0. The minimum absolute atomic E-state index is 0.0498. The lowest BCUT2D eigenvalue weighted by atomic mass is 9.72. The molecule has 1 aromatic rings. The third-order valence-electron chi connectivity index (χ3n) is 7.93. The minimum Gasteiger partial charge on any atom is -0.481 e. The van der Waals surface area contributed by atoms with E-state index >= 15 is 0 Å². The average Bonchev–Trinajstić information content (AvgIpc) is 3.41. The van der Waals surface area contributed by atoms with Gasteiger partial charge in [0.1, 0.15) is 0 Å². The number of aliphatic carboxylic acids is 1. The molecule has 2 bridgehead atoms. The number of allylic oxidation sites excluding steroid dienone is 2. The summed E-state index contributed by atoms with van der Waals surface area (Å²) in [5.74, 6) is -2.53. The van der Waals surface area contributed by atoms with Gasteiger partial charge in [-0.1, -0.05) is 31.9 Å². The molecule has 0 unspecified atom stereocenters. The number of hydrazine groups is 1. The van der Waals surface area contributed by atoms with Gasteiger partial charge in [-0.25, -0.2) is 0 Å². The van der Waals surface area contributed by atoms with Gasteiger partial charge in [-0.15, -0.1) is 11.3 Å². The van der Waals surface area contributed by atoms with E-state index in [1.807, 2.05) is 19.2 Å². The van der Waals surface area contributed by atoms with E-state index in [-0.39, 0.29) is 23.2 Å². The van der Waals surface area contributed by atoms with Crippen LogP contribution in [-0.2, 0) is 22.4 Å². The van der Waals surface area contributed by atoms with E-state index in [1.165, 1.54) is 4.88 Å². The molecule has 3 aliphatic carbocycles. The van der Waals surface area contributed by atoms with E-state index in [1.54, 1.807) is 11.3 Å². The van der Waals surface area contributed by atoms with Crippen molar-refractivity contribution >= 4 is 29.1 Å². The van der Waals surface area contributed by atoms with Crippen LogP contribution in [0.3, 0.4) is 0 Å². The van der Waals surface area contributed by atoms with Crippen molar-refractivity contribution in [1.29, 1.82) is 0 Å². The fourth-order valence-corrected chi connectivity index (χ4v) is 7.48. The highest BCUT2D eigenvalue weighted by Gasteiger charge is 2.57. The second kappa shape index (κ2) is 8.32. The van der Waals surface area contributed by atoms with Crippen molar-refractivity contribution in [3.05, 3.63) is 32.5 Å². The summed E-state index contributed by atoms with van der Waals surface area (Å²) in [6.45, 7) is 10.8. The second-order valence-corrected chi connectivity index (χ2v) is 11.9. The number of carboxylic acids is 1. The molecule has 2 amide bonds. The van der Waals surface area contributed by atoms with E-state index in [2.05, 4.69) is 31.6 Å². The molecule has 0 spiro atoms. The van der Waals surface area contributed by atoms with Gasteiger partial charge in [-0.2, -0.15) is 0 Å². The Hall–Kier alpha value is -2.15. The Bertz CT molecular complexity index is 983. The minimum atomic E-state index is -0.928. The van der Waals surface area contributed by atoms with Crippen LogP contribution in [0.4, 0.5) is 0 Å². The van der Waals surface area contributed by atoms with Gasteiger partial charge in [0, 0.05) is 10.3 Å². The largest absolute Gasteiger partial charge is 0.481 e. The summed E-state index contributed by atoms with van der Waals surface area (Å²) in [5, 5.41) is 11.7. The third kappa shape index (κ3) is 3.89. The van der Waals surface area contributed by atoms with Crippen molar-refractivity contribution in [3.8, 4) is 0 Å². The van der Waals surface area contributed by atoms with Gasteiger partial charge in [0.15, 0.2) is 0 Å². The van der Waals surface area contributed by atoms with Crippen LogP contribution in [0.1, 0.15) is 74.7 Å². The Morgan fingerprint density at radius 1 is 1.03 bits per heavy atom. The Morgan fingerprint density at radius 3 is 2.28 bits per heavy atom. The molecule has 6 nitrogen and oxygen atoms in total. The van der Waals surface area contributed by atoms with Crippen LogP contribution in [0.5, 0.6) is 0 Å². The van der Waals surface area contributed by atoms with Crippen LogP contribution in [0.2, 0.25) is 0 Å². The predicted octanol–water partition coefficient (Wildman–Crippen LogP) is 4.35. The Morgan fingerprint density at radius 2 is 1.69 bits per heavy atom. The standard InChI is InChI=1S/C25H34N2O4S/c1-12(2)19-15-8-9-16(19)21(24(30)31)20(15)23(29)27-26-22(28)17-11-32-18-10-13(25(3,4)5)6-7-14(17)18/h11,13,15-16,20-21H,6-10H2,1-5H3,(H,26,28)(H,27,29)(H,30,31)/t13-,15+,16+,20+,21-/m0/s1. The van der Waals surface area contributed by atoms with Crippen molar-refractivity contribution in [2.75, 3.05) is 0 Å². The van der Waals surface area contributed by atoms with Gasteiger partial charge in [-0.05, 0) is 74.7 Å². The summed E-state index contributed by atoms with van der Waals surface area (Å²) >= 11 is 1.62. The zero-order valence-corrected chi connectivity index (χ0v) is 20.4. The molecule has 1 aromatic heterocycles. The Labute approximate surface area is 193 Å². The summed E-state index contributed by atoms with van der Waals surface area (Å²) < 4.78 is 0. The number of carboxylic acid groups (broad SMARTS) is 1. The molecule has 2 saturated carbocycles. The molecule has 4 rings (SSSR count). The monoisotopic (exact) mass is 458 g/mol. The SMILES string of the molecule is CC(C)=C1[C@H]2CC[C@H]1[C@@H](C(=O)NNC(=O)c1csc3c1CC[C@H](C(C)(C)C)C3)[C@H]2C(=O)O. The zero-order chi connectivity index (χ0) is 23.4. The lowest BCUT2D eigenvalue weighted by Crippen LogP contribution is -2.48. The first kappa shape index (κ1) is 23.0. The highest BCUT2D eigenvalue weighted by atomic mass is 32.1. The van der Waals surface area contributed by atoms with E-state index in [4.69, 9.17) is 0 Å². The fraction of sp³-hybridized carbons (Fsp3) is 0.640. The van der Waals surface area contributed by atoms with Gasteiger partial charge >= 0.3 is 5.97 Å². The van der Waals surface area contributed by atoms with Crippen LogP contribution in [0.25, 0.3) is 0 Å². The molecule has 0 saturated heterocycles. The summed E-state index contributed by atoms with van der Waals surface area (Å²) in [4.78, 5) is 39.1. The highest BCUT2D eigenvalue weighted by Crippen LogP contribution is 2.57. The number of thiophene rings is 1. The van der Waals surface area contributed by atoms with Crippen LogP contribution < -0.4 is 10.9 Å². The maximum Gasteiger partial charge on any atom is 0.307 e. The van der Waals surface area contributed by atoms with E-state index < -0.39 is 23.7 Å². The molecule has 32 heavy (non-hydrogen) atoms. The summed E-state index contributed by atoms with van der Waals surface area (Å²) in [6.07, 6.45) is 4.55. The average molecular weight is 459 g/mol. The van der Waals surface area contributed by atoms with Crippen molar-refractivity contribution in [2.24, 2.45) is 35.0 Å². The zero-order valence-electron chi connectivity index (χ0n) is 19.6. The predicted molar refractivity (Wildman–Crippen MR) is 124 cm³/mol. The molecule has 5 atom stereocenters. The lowest BCUT2D eigenvalue weighted by molar-refractivity contribution is -0.149. The smallest absolute Gasteiger partial charge is 0.307 e. The second-order valence-electron chi connectivity index (χ2n) is 10.9. The number of nitrogens with one attached hydrogen (secondary N) is 2. The maximum absolute atomic E-state index is 13.0. The number of hydrogen-bond donors (Lipinski definition) is 3. The molecular weight excluding hydrogens is 424 g/mol. The topological polar surface area (TPSA) is 95.5 Å². The number of amides is 2. The number of fused-ring (bicyclic) bond motifs is 3. The van der Waals surface area contributed by atoms with Crippen molar-refractivity contribution in [2.45, 2.75) is 66.7 Å². The Balaban J connectivity index is 1.44. The van der Waals surface area contributed by atoms with Crippen molar-refractivity contribution in [3.63, 3.8) is 0 Å². The fourth-order valence-electron chi connectivity index (χ4n) is 6.32. The molecule has 3 aliphatic rings. The van der Waals surface area contributed by atoms with Crippen LogP contribution in [0.15, 0.2) is 16.5 Å². The summed E-state index contributed by atoms with van der Waals surface area (Å²) in [7, 11) is 0. The van der Waals surface area contributed by atoms with Crippen molar-refractivity contribution < 1.29 is 19.5 Å². The van der Waals surface area contributed by atoms with E-state index in [9.17, 15) is 19.5 Å².